The van der Waals surface area contributed by atoms with Gasteiger partial charge in [0.25, 0.3) is 0 Å². The van der Waals surface area contributed by atoms with Gasteiger partial charge in [0.05, 0.1) is 21.1 Å². The maximum Gasteiger partial charge on any atom is 0.109 e. The maximum absolute atomic E-state index is 6.01. The van der Waals surface area contributed by atoms with E-state index >= 15 is 0 Å². The minimum Gasteiger partial charge on any atom is -0.328 e. The highest BCUT2D eigenvalue weighted by molar-refractivity contribution is 6.42. The molecule has 2 aromatic rings. The number of benzene rings is 1. The Bertz CT molecular complexity index is 531. The first-order chi connectivity index (χ1) is 7.25. The van der Waals surface area contributed by atoms with Crippen molar-refractivity contribution in [1.82, 2.24) is 9.55 Å². The van der Waals surface area contributed by atoms with Gasteiger partial charge < -0.3 is 4.57 Å². The largest absolute Gasteiger partial charge is 0.328 e. The van der Waals surface area contributed by atoms with E-state index in [-0.39, 0.29) is 0 Å². The van der Waals surface area contributed by atoms with E-state index in [1.165, 1.54) is 12.8 Å². The Kier molecular flexibility index (Phi) is 2.15. The van der Waals surface area contributed by atoms with Crippen LogP contribution in [0.4, 0.5) is 0 Å². The van der Waals surface area contributed by atoms with Gasteiger partial charge in [-0.3, -0.25) is 0 Å². The Morgan fingerprint density at radius 1 is 1.13 bits per heavy atom. The van der Waals surface area contributed by atoms with Crippen LogP contribution in [0.2, 0.25) is 10.0 Å². The number of hydrogen-bond donors (Lipinski definition) is 0. The summed E-state index contributed by atoms with van der Waals surface area (Å²) in [4.78, 5) is 4.58. The quantitative estimate of drug-likeness (QED) is 0.687. The summed E-state index contributed by atoms with van der Waals surface area (Å²) < 4.78 is 2.25. The number of hydrogen-bond acceptors (Lipinski definition) is 1. The summed E-state index contributed by atoms with van der Waals surface area (Å²) in [5.74, 6) is 1.16. The molecule has 0 bridgehead atoms. The lowest BCUT2D eigenvalue weighted by atomic mass is 10.2. The van der Waals surface area contributed by atoms with Gasteiger partial charge in [0.2, 0.25) is 0 Å². The molecule has 0 saturated heterocycles. The lowest BCUT2D eigenvalue weighted by molar-refractivity contribution is 0.533. The standard InChI is InChI=1S/C11H10Cl2N2/c12-7-5-9-10(6-8(7)13)15-4-2-1-3-11(15)14-9/h5-6H,1-4H2. The zero-order valence-electron chi connectivity index (χ0n) is 8.13. The SMILES string of the molecule is Clc1cc2nc3n(c2cc1Cl)CCCC3. The fourth-order valence-corrected chi connectivity index (χ4v) is 2.48. The molecule has 78 valence electrons. The van der Waals surface area contributed by atoms with Crippen molar-refractivity contribution in [1.29, 1.82) is 0 Å². The van der Waals surface area contributed by atoms with Crippen LogP contribution in [0.15, 0.2) is 12.1 Å². The molecule has 1 aromatic carbocycles. The molecule has 0 amide bonds. The van der Waals surface area contributed by atoms with Crippen molar-refractivity contribution in [2.45, 2.75) is 25.8 Å². The van der Waals surface area contributed by atoms with Gasteiger partial charge >= 0.3 is 0 Å². The fraction of sp³-hybridized carbons (Fsp3) is 0.364. The molecular weight excluding hydrogens is 231 g/mol. The summed E-state index contributed by atoms with van der Waals surface area (Å²) >= 11 is 12.0. The van der Waals surface area contributed by atoms with Gasteiger partial charge in [-0.2, -0.15) is 0 Å². The average molecular weight is 241 g/mol. The summed E-state index contributed by atoms with van der Waals surface area (Å²) in [5, 5.41) is 1.19. The lowest BCUT2D eigenvalue weighted by Crippen LogP contribution is -2.09. The molecule has 0 spiro atoms. The average Bonchev–Trinajstić information content (AvgIpc) is 2.57. The van der Waals surface area contributed by atoms with E-state index in [2.05, 4.69) is 9.55 Å². The van der Waals surface area contributed by atoms with Crippen molar-refractivity contribution >= 4 is 34.2 Å². The molecule has 0 aliphatic carbocycles. The Hall–Kier alpha value is -0.730. The van der Waals surface area contributed by atoms with E-state index < -0.39 is 0 Å². The first-order valence-electron chi connectivity index (χ1n) is 5.10. The zero-order valence-corrected chi connectivity index (χ0v) is 9.65. The highest BCUT2D eigenvalue weighted by Crippen LogP contribution is 2.30. The molecule has 4 heteroatoms. The molecule has 2 nitrogen and oxygen atoms in total. The van der Waals surface area contributed by atoms with Crippen LogP contribution >= 0.6 is 23.2 Å². The van der Waals surface area contributed by atoms with Gasteiger partial charge in [0.1, 0.15) is 5.82 Å². The van der Waals surface area contributed by atoms with Gasteiger partial charge in [-0.05, 0) is 25.0 Å². The number of fused-ring (bicyclic) bond motifs is 3. The van der Waals surface area contributed by atoms with Crippen molar-refractivity contribution in [3.63, 3.8) is 0 Å². The van der Waals surface area contributed by atoms with Crippen LogP contribution in [0.3, 0.4) is 0 Å². The van der Waals surface area contributed by atoms with E-state index in [1.54, 1.807) is 0 Å². The predicted molar refractivity (Wildman–Crippen MR) is 62.7 cm³/mol. The van der Waals surface area contributed by atoms with Crippen molar-refractivity contribution in [2.75, 3.05) is 0 Å². The first kappa shape index (κ1) is 9.49. The van der Waals surface area contributed by atoms with Crippen LogP contribution in [-0.2, 0) is 13.0 Å². The van der Waals surface area contributed by atoms with Crippen LogP contribution < -0.4 is 0 Å². The summed E-state index contributed by atoms with van der Waals surface area (Å²) in [6, 6.07) is 3.77. The van der Waals surface area contributed by atoms with Gasteiger partial charge in [0.15, 0.2) is 0 Å². The van der Waals surface area contributed by atoms with E-state index in [0.717, 1.165) is 29.8 Å². The predicted octanol–water partition coefficient (Wildman–Crippen LogP) is 3.68. The number of rotatable bonds is 0. The van der Waals surface area contributed by atoms with Crippen LogP contribution in [-0.4, -0.2) is 9.55 Å². The molecule has 15 heavy (non-hydrogen) atoms. The highest BCUT2D eigenvalue weighted by Gasteiger charge is 2.15. The summed E-state index contributed by atoms with van der Waals surface area (Å²) in [5.41, 5.74) is 2.07. The Morgan fingerprint density at radius 3 is 2.80 bits per heavy atom. The van der Waals surface area contributed by atoms with Crippen LogP contribution in [0.1, 0.15) is 18.7 Å². The van der Waals surface area contributed by atoms with Crippen molar-refractivity contribution in [2.24, 2.45) is 0 Å². The van der Waals surface area contributed by atoms with Crippen molar-refractivity contribution < 1.29 is 0 Å². The molecule has 3 rings (SSSR count). The number of aryl methyl sites for hydroxylation is 2. The monoisotopic (exact) mass is 240 g/mol. The molecule has 0 unspecified atom stereocenters. The molecule has 2 heterocycles. The lowest BCUT2D eigenvalue weighted by Gasteiger charge is -2.13. The minimum absolute atomic E-state index is 0.583. The summed E-state index contributed by atoms with van der Waals surface area (Å²) in [6.07, 6.45) is 3.51. The molecule has 0 N–H and O–H groups in total. The van der Waals surface area contributed by atoms with E-state index in [1.807, 2.05) is 12.1 Å². The molecule has 0 atom stereocenters. The third-order valence-electron chi connectivity index (χ3n) is 2.90. The maximum atomic E-state index is 6.01. The molecule has 0 saturated carbocycles. The van der Waals surface area contributed by atoms with Crippen LogP contribution in [0, 0.1) is 0 Å². The number of imidazole rings is 1. The number of halogens is 2. The second kappa shape index (κ2) is 3.39. The third-order valence-corrected chi connectivity index (χ3v) is 3.62. The highest BCUT2D eigenvalue weighted by atomic mass is 35.5. The zero-order chi connectivity index (χ0) is 10.4. The second-order valence-electron chi connectivity index (χ2n) is 3.89. The molecule has 1 aliphatic heterocycles. The third kappa shape index (κ3) is 1.44. The Balaban J connectivity index is 2.33. The first-order valence-corrected chi connectivity index (χ1v) is 5.85. The Morgan fingerprint density at radius 2 is 1.93 bits per heavy atom. The normalized spacial score (nSPS) is 15.6. The van der Waals surface area contributed by atoms with Crippen LogP contribution in [0.5, 0.6) is 0 Å². The number of nitrogens with zero attached hydrogens (tertiary/aromatic N) is 2. The molecule has 0 radical (unpaired) electrons. The Labute approximate surface area is 97.8 Å². The summed E-state index contributed by atoms with van der Waals surface area (Å²) in [6.45, 7) is 1.05. The molecule has 0 fully saturated rings. The van der Waals surface area contributed by atoms with E-state index in [4.69, 9.17) is 23.2 Å². The topological polar surface area (TPSA) is 17.8 Å². The van der Waals surface area contributed by atoms with Gasteiger partial charge in [-0.1, -0.05) is 23.2 Å². The molecule has 1 aliphatic rings. The van der Waals surface area contributed by atoms with Gasteiger partial charge in [0, 0.05) is 13.0 Å². The van der Waals surface area contributed by atoms with E-state index in [0.29, 0.717) is 10.0 Å². The minimum atomic E-state index is 0.583. The fourth-order valence-electron chi connectivity index (χ4n) is 2.16. The smallest absolute Gasteiger partial charge is 0.109 e. The molecule has 1 aromatic heterocycles. The van der Waals surface area contributed by atoms with Crippen molar-refractivity contribution in [3.05, 3.63) is 28.0 Å². The second-order valence-corrected chi connectivity index (χ2v) is 4.71. The van der Waals surface area contributed by atoms with Crippen LogP contribution in [0.25, 0.3) is 11.0 Å². The van der Waals surface area contributed by atoms with E-state index in [9.17, 15) is 0 Å². The van der Waals surface area contributed by atoms with Crippen molar-refractivity contribution in [3.8, 4) is 0 Å². The van der Waals surface area contributed by atoms with Gasteiger partial charge in [-0.15, -0.1) is 0 Å². The molecular formula is C11H10Cl2N2. The van der Waals surface area contributed by atoms with Gasteiger partial charge in [-0.25, -0.2) is 4.98 Å². The summed E-state index contributed by atoms with van der Waals surface area (Å²) in [7, 11) is 0. The number of aromatic nitrogens is 2.